The van der Waals surface area contributed by atoms with E-state index in [-0.39, 0.29) is 5.91 Å². The fourth-order valence-corrected chi connectivity index (χ4v) is 3.05. The zero-order chi connectivity index (χ0) is 16.9. The minimum Gasteiger partial charge on any atom is -0.368 e. The number of para-hydroxylation sites is 1. The molecular formula is C20H21ClN2O. The van der Waals surface area contributed by atoms with Crippen molar-refractivity contribution in [2.24, 2.45) is 0 Å². The Labute approximate surface area is 148 Å². The third-order valence-corrected chi connectivity index (χ3v) is 4.53. The van der Waals surface area contributed by atoms with Gasteiger partial charge in [0.2, 0.25) is 5.91 Å². The van der Waals surface area contributed by atoms with E-state index in [2.05, 4.69) is 17.0 Å². The van der Waals surface area contributed by atoms with E-state index in [4.69, 9.17) is 11.6 Å². The van der Waals surface area contributed by atoms with Crippen LogP contribution in [0.25, 0.3) is 6.08 Å². The summed E-state index contributed by atoms with van der Waals surface area (Å²) < 4.78 is 0. The number of anilines is 1. The number of nitrogens with zero attached hydrogens (tertiary/aromatic N) is 2. The third-order valence-electron chi connectivity index (χ3n) is 4.28. The minimum atomic E-state index is 0.109. The summed E-state index contributed by atoms with van der Waals surface area (Å²) >= 11 is 5.90. The van der Waals surface area contributed by atoms with Crippen LogP contribution in [0, 0.1) is 0 Å². The highest BCUT2D eigenvalue weighted by molar-refractivity contribution is 6.30. The number of amides is 1. The number of halogens is 1. The molecule has 0 atom stereocenters. The molecule has 1 aliphatic heterocycles. The standard InChI is InChI=1S/C20H21ClN2O/c1-16(15-17-7-9-18(21)10-8-17)20(24)23-13-11-22(12-14-23)19-5-3-2-4-6-19/h2-10,15H,11-14H2,1H3/b16-15+. The van der Waals surface area contributed by atoms with Crippen molar-refractivity contribution in [3.63, 3.8) is 0 Å². The van der Waals surface area contributed by atoms with Gasteiger partial charge in [-0.15, -0.1) is 0 Å². The number of hydrogen-bond donors (Lipinski definition) is 0. The quantitative estimate of drug-likeness (QED) is 0.786. The molecule has 4 heteroatoms. The highest BCUT2D eigenvalue weighted by Crippen LogP contribution is 2.18. The highest BCUT2D eigenvalue weighted by Gasteiger charge is 2.21. The van der Waals surface area contributed by atoms with Gasteiger partial charge >= 0.3 is 0 Å². The molecule has 0 radical (unpaired) electrons. The lowest BCUT2D eigenvalue weighted by atomic mass is 10.1. The monoisotopic (exact) mass is 340 g/mol. The van der Waals surface area contributed by atoms with Crippen LogP contribution in [0.3, 0.4) is 0 Å². The molecule has 0 aliphatic carbocycles. The average molecular weight is 341 g/mol. The first-order valence-corrected chi connectivity index (χ1v) is 8.54. The minimum absolute atomic E-state index is 0.109. The van der Waals surface area contributed by atoms with E-state index in [0.29, 0.717) is 5.02 Å². The summed E-state index contributed by atoms with van der Waals surface area (Å²) in [6.07, 6.45) is 1.92. The van der Waals surface area contributed by atoms with Crippen LogP contribution >= 0.6 is 11.6 Å². The molecule has 0 bridgehead atoms. The molecule has 0 aromatic heterocycles. The number of rotatable bonds is 3. The largest absolute Gasteiger partial charge is 0.368 e. The summed E-state index contributed by atoms with van der Waals surface area (Å²) in [5.74, 6) is 0.109. The topological polar surface area (TPSA) is 23.6 Å². The van der Waals surface area contributed by atoms with Gasteiger partial charge in [-0.1, -0.05) is 41.9 Å². The van der Waals surface area contributed by atoms with Gasteiger partial charge in [-0.3, -0.25) is 4.79 Å². The molecule has 1 fully saturated rings. The first-order chi connectivity index (χ1) is 11.6. The summed E-state index contributed by atoms with van der Waals surface area (Å²) in [4.78, 5) is 16.9. The van der Waals surface area contributed by atoms with Gasteiger partial charge in [0.05, 0.1) is 0 Å². The van der Waals surface area contributed by atoms with Gasteiger partial charge in [0.1, 0.15) is 0 Å². The lowest BCUT2D eigenvalue weighted by Gasteiger charge is -2.36. The van der Waals surface area contributed by atoms with Crippen molar-refractivity contribution in [1.82, 2.24) is 4.90 Å². The van der Waals surface area contributed by atoms with Gasteiger partial charge in [-0.2, -0.15) is 0 Å². The van der Waals surface area contributed by atoms with Crippen LogP contribution in [0.1, 0.15) is 12.5 Å². The van der Waals surface area contributed by atoms with Gasteiger partial charge < -0.3 is 9.80 Å². The van der Waals surface area contributed by atoms with E-state index >= 15 is 0 Å². The van der Waals surface area contributed by atoms with E-state index in [0.717, 1.165) is 37.3 Å². The van der Waals surface area contributed by atoms with Gasteiger partial charge in [0.15, 0.2) is 0 Å². The SMILES string of the molecule is C/C(=C\c1ccc(Cl)cc1)C(=O)N1CCN(c2ccccc2)CC1. The van der Waals surface area contributed by atoms with Gasteiger partial charge in [-0.05, 0) is 42.8 Å². The summed E-state index contributed by atoms with van der Waals surface area (Å²) in [7, 11) is 0. The van der Waals surface area contributed by atoms with Crippen LogP contribution in [0.2, 0.25) is 5.02 Å². The van der Waals surface area contributed by atoms with E-state index < -0.39 is 0 Å². The van der Waals surface area contributed by atoms with Crippen molar-refractivity contribution in [1.29, 1.82) is 0 Å². The van der Waals surface area contributed by atoms with Crippen LogP contribution in [0.15, 0.2) is 60.2 Å². The molecule has 0 N–H and O–H groups in total. The Kier molecular flexibility index (Phi) is 5.21. The maximum Gasteiger partial charge on any atom is 0.249 e. The third kappa shape index (κ3) is 3.98. The number of carbonyl (C=O) groups excluding carboxylic acids is 1. The van der Waals surface area contributed by atoms with E-state index in [1.807, 2.05) is 60.4 Å². The normalized spacial score (nSPS) is 15.5. The van der Waals surface area contributed by atoms with Gasteiger partial charge in [0.25, 0.3) is 0 Å². The molecule has 124 valence electrons. The Bertz CT molecular complexity index is 717. The van der Waals surface area contributed by atoms with Crippen LogP contribution in [-0.2, 0) is 4.79 Å². The molecule has 3 nitrogen and oxygen atoms in total. The van der Waals surface area contributed by atoms with Gasteiger partial charge in [0, 0.05) is 42.5 Å². The Morgan fingerprint density at radius 2 is 1.58 bits per heavy atom. The smallest absolute Gasteiger partial charge is 0.249 e. The Balaban J connectivity index is 1.61. The summed E-state index contributed by atoms with van der Waals surface area (Å²) in [6.45, 7) is 5.10. The van der Waals surface area contributed by atoms with Crippen molar-refractivity contribution >= 4 is 29.3 Å². The second-order valence-corrected chi connectivity index (χ2v) is 6.43. The summed E-state index contributed by atoms with van der Waals surface area (Å²) in [6, 6.07) is 17.9. The molecule has 24 heavy (non-hydrogen) atoms. The fourth-order valence-electron chi connectivity index (χ4n) is 2.93. The molecule has 1 heterocycles. The van der Waals surface area contributed by atoms with Crippen LogP contribution in [-0.4, -0.2) is 37.0 Å². The fraction of sp³-hybridized carbons (Fsp3) is 0.250. The maximum atomic E-state index is 12.6. The Morgan fingerprint density at radius 3 is 2.21 bits per heavy atom. The van der Waals surface area contributed by atoms with Crippen molar-refractivity contribution in [2.45, 2.75) is 6.92 Å². The molecular weight excluding hydrogens is 320 g/mol. The number of benzene rings is 2. The van der Waals surface area contributed by atoms with Crippen molar-refractivity contribution in [3.8, 4) is 0 Å². The second-order valence-electron chi connectivity index (χ2n) is 5.99. The first-order valence-electron chi connectivity index (χ1n) is 8.16. The lowest BCUT2D eigenvalue weighted by Crippen LogP contribution is -2.49. The molecule has 0 spiro atoms. The molecule has 0 unspecified atom stereocenters. The molecule has 0 saturated carbocycles. The number of hydrogen-bond acceptors (Lipinski definition) is 2. The van der Waals surface area contributed by atoms with Crippen molar-refractivity contribution in [3.05, 3.63) is 70.8 Å². The van der Waals surface area contributed by atoms with Crippen LogP contribution in [0.4, 0.5) is 5.69 Å². The van der Waals surface area contributed by atoms with E-state index in [1.54, 1.807) is 0 Å². The lowest BCUT2D eigenvalue weighted by molar-refractivity contribution is -0.127. The zero-order valence-corrected chi connectivity index (χ0v) is 14.5. The van der Waals surface area contributed by atoms with E-state index in [9.17, 15) is 4.79 Å². The Morgan fingerprint density at radius 1 is 0.958 bits per heavy atom. The summed E-state index contributed by atoms with van der Waals surface area (Å²) in [5.41, 5.74) is 2.97. The first kappa shape index (κ1) is 16.6. The van der Waals surface area contributed by atoms with Crippen LogP contribution in [0.5, 0.6) is 0 Å². The molecule has 2 aromatic carbocycles. The average Bonchev–Trinajstić information content (AvgIpc) is 2.64. The van der Waals surface area contributed by atoms with Crippen molar-refractivity contribution in [2.75, 3.05) is 31.1 Å². The van der Waals surface area contributed by atoms with E-state index in [1.165, 1.54) is 5.69 Å². The molecule has 3 rings (SSSR count). The van der Waals surface area contributed by atoms with Crippen molar-refractivity contribution < 1.29 is 4.79 Å². The second kappa shape index (κ2) is 7.54. The molecule has 1 aliphatic rings. The summed E-state index contributed by atoms with van der Waals surface area (Å²) in [5, 5.41) is 0.702. The molecule has 1 amide bonds. The predicted octanol–water partition coefficient (Wildman–Crippen LogP) is 4.09. The molecule has 2 aromatic rings. The number of piperazine rings is 1. The number of carbonyl (C=O) groups is 1. The molecule has 1 saturated heterocycles. The highest BCUT2D eigenvalue weighted by atomic mass is 35.5. The van der Waals surface area contributed by atoms with Crippen LogP contribution < -0.4 is 4.90 Å². The zero-order valence-electron chi connectivity index (χ0n) is 13.8. The Hall–Kier alpha value is -2.26. The predicted molar refractivity (Wildman–Crippen MR) is 100 cm³/mol. The van der Waals surface area contributed by atoms with Gasteiger partial charge in [-0.25, -0.2) is 0 Å². The maximum absolute atomic E-state index is 12.6.